The molecule has 0 aliphatic heterocycles. The van der Waals surface area contributed by atoms with Gasteiger partial charge in [0.2, 0.25) is 0 Å². The number of rotatable bonds is 5. The first kappa shape index (κ1) is 18.0. The molecule has 0 aliphatic rings. The molecule has 136 valence electrons. The maximum Gasteiger partial charge on any atom is 0.416 e. The molecule has 0 saturated heterocycles. The first-order valence-corrected chi connectivity index (χ1v) is 7.93. The number of halogens is 3. The van der Waals surface area contributed by atoms with Crippen molar-refractivity contribution in [3.8, 4) is 0 Å². The molecule has 1 aromatic heterocycles. The van der Waals surface area contributed by atoms with Crippen molar-refractivity contribution in [1.29, 1.82) is 0 Å². The van der Waals surface area contributed by atoms with Crippen LogP contribution in [-0.4, -0.2) is 18.1 Å². The number of para-hydroxylation sites is 1. The lowest BCUT2D eigenvalue weighted by molar-refractivity contribution is -0.143. The Balaban J connectivity index is 1.86. The van der Waals surface area contributed by atoms with Crippen molar-refractivity contribution in [2.75, 3.05) is 7.11 Å². The maximum atomic E-state index is 12.8. The van der Waals surface area contributed by atoms with Crippen LogP contribution in [0.5, 0.6) is 0 Å². The fourth-order valence-corrected chi connectivity index (χ4v) is 2.85. The van der Waals surface area contributed by atoms with Gasteiger partial charge >= 0.3 is 12.1 Å². The Kier molecular flexibility index (Phi) is 4.99. The van der Waals surface area contributed by atoms with E-state index >= 15 is 0 Å². The molecule has 0 radical (unpaired) electrons. The van der Waals surface area contributed by atoms with Crippen molar-refractivity contribution in [2.45, 2.75) is 18.8 Å². The molecular formula is C19H17F3N2O2. The van der Waals surface area contributed by atoms with Gasteiger partial charge in [0.25, 0.3) is 0 Å². The monoisotopic (exact) mass is 362 g/mol. The number of aromatic amines is 1. The minimum absolute atomic E-state index is 0.0865. The third-order valence-electron chi connectivity index (χ3n) is 4.13. The number of hydrogen-bond acceptors (Lipinski definition) is 3. The zero-order chi connectivity index (χ0) is 18.7. The summed E-state index contributed by atoms with van der Waals surface area (Å²) in [6.07, 6.45) is -2.71. The fourth-order valence-electron chi connectivity index (χ4n) is 2.85. The summed E-state index contributed by atoms with van der Waals surface area (Å²) in [6.45, 7) is 0.0865. The Morgan fingerprint density at radius 3 is 2.69 bits per heavy atom. The van der Waals surface area contributed by atoms with Gasteiger partial charge in [-0.25, -0.2) is 4.79 Å². The second-order valence-corrected chi connectivity index (χ2v) is 5.82. The highest BCUT2D eigenvalue weighted by Crippen LogP contribution is 2.30. The molecule has 1 unspecified atom stereocenters. The van der Waals surface area contributed by atoms with Crippen molar-refractivity contribution in [1.82, 2.24) is 10.3 Å². The molecule has 0 bridgehead atoms. The maximum absolute atomic E-state index is 12.8. The Morgan fingerprint density at radius 2 is 1.96 bits per heavy atom. The van der Waals surface area contributed by atoms with Gasteiger partial charge in [0.05, 0.1) is 12.7 Å². The highest BCUT2D eigenvalue weighted by Gasteiger charge is 2.30. The molecule has 26 heavy (non-hydrogen) atoms. The molecule has 0 saturated carbocycles. The zero-order valence-corrected chi connectivity index (χ0v) is 13.9. The summed E-state index contributed by atoms with van der Waals surface area (Å²) in [6, 6.07) is 11.7. The summed E-state index contributed by atoms with van der Waals surface area (Å²) < 4.78 is 43.4. The molecule has 1 atom stereocenters. The second-order valence-electron chi connectivity index (χ2n) is 5.82. The van der Waals surface area contributed by atoms with E-state index in [1.807, 2.05) is 24.3 Å². The predicted molar refractivity (Wildman–Crippen MR) is 91.3 cm³/mol. The molecule has 7 heteroatoms. The third-order valence-corrected chi connectivity index (χ3v) is 4.13. The highest BCUT2D eigenvalue weighted by molar-refractivity contribution is 5.89. The number of nitrogens with one attached hydrogen (secondary N) is 2. The molecule has 4 nitrogen and oxygen atoms in total. The van der Waals surface area contributed by atoms with Crippen LogP contribution >= 0.6 is 0 Å². The summed E-state index contributed by atoms with van der Waals surface area (Å²) in [5.74, 6) is -0.512. The van der Waals surface area contributed by atoms with E-state index in [9.17, 15) is 18.0 Å². The highest BCUT2D eigenvalue weighted by atomic mass is 19.4. The number of methoxy groups -OCH3 is 1. The average Bonchev–Trinajstić information content (AvgIpc) is 3.05. The molecule has 2 N–H and O–H groups in total. The number of fused-ring (bicyclic) bond motifs is 1. The molecule has 2 aromatic carbocycles. The van der Waals surface area contributed by atoms with E-state index in [4.69, 9.17) is 4.74 Å². The number of esters is 1. The van der Waals surface area contributed by atoms with Crippen molar-refractivity contribution >= 4 is 16.9 Å². The molecule has 3 rings (SSSR count). The normalized spacial score (nSPS) is 12.9. The number of carbonyl (C=O) groups excluding carboxylic acids is 1. The van der Waals surface area contributed by atoms with E-state index in [1.165, 1.54) is 13.2 Å². The number of aromatic nitrogens is 1. The van der Waals surface area contributed by atoms with Crippen molar-refractivity contribution in [3.63, 3.8) is 0 Å². The number of alkyl halides is 3. The molecular weight excluding hydrogens is 345 g/mol. The second kappa shape index (κ2) is 7.21. The van der Waals surface area contributed by atoms with E-state index in [0.29, 0.717) is 11.1 Å². The first-order valence-electron chi connectivity index (χ1n) is 7.93. The quantitative estimate of drug-likeness (QED) is 0.669. The lowest BCUT2D eigenvalue weighted by atomic mass is 10.0. The summed E-state index contributed by atoms with van der Waals surface area (Å²) in [5, 5.41) is 3.84. The van der Waals surface area contributed by atoms with Gasteiger partial charge in [-0.05, 0) is 17.7 Å². The Labute approximate surface area is 148 Å². The molecule has 0 fully saturated rings. The standard InChI is InChI=1S/C19H17F3N2O2/c1-26-18(25)17(15-11-23-16-8-3-2-7-14(15)16)24-10-12-5-4-6-13(9-12)19(20,21)22/h2-9,11,17,23-24H,10H2,1H3. The van der Waals surface area contributed by atoms with E-state index in [-0.39, 0.29) is 6.54 Å². The average molecular weight is 362 g/mol. The SMILES string of the molecule is COC(=O)C(NCc1cccc(C(F)(F)F)c1)c1c[nH]c2ccccc12. The van der Waals surface area contributed by atoms with Crippen molar-refractivity contribution in [3.05, 3.63) is 71.4 Å². The van der Waals surface area contributed by atoms with E-state index in [2.05, 4.69) is 10.3 Å². The van der Waals surface area contributed by atoms with Crippen LogP contribution in [0.2, 0.25) is 0 Å². The Hall–Kier alpha value is -2.80. The van der Waals surface area contributed by atoms with Gasteiger partial charge in [-0.3, -0.25) is 5.32 Å². The van der Waals surface area contributed by atoms with E-state index in [0.717, 1.165) is 23.0 Å². The number of carbonyl (C=O) groups is 1. The predicted octanol–water partition coefficient (Wildman–Crippen LogP) is 4.19. The lowest BCUT2D eigenvalue weighted by Crippen LogP contribution is -2.29. The summed E-state index contributed by atoms with van der Waals surface area (Å²) >= 11 is 0. The summed E-state index contributed by atoms with van der Waals surface area (Å²) in [5.41, 5.74) is 1.24. The summed E-state index contributed by atoms with van der Waals surface area (Å²) in [4.78, 5) is 15.3. The van der Waals surface area contributed by atoms with Crippen molar-refractivity contribution in [2.24, 2.45) is 0 Å². The van der Waals surface area contributed by atoms with Crippen LogP contribution in [0.1, 0.15) is 22.7 Å². The zero-order valence-electron chi connectivity index (χ0n) is 13.9. The van der Waals surface area contributed by atoms with Gasteiger partial charge in [0.15, 0.2) is 0 Å². The number of benzene rings is 2. The van der Waals surface area contributed by atoms with Crippen LogP contribution in [0, 0.1) is 0 Å². The molecule has 0 aliphatic carbocycles. The van der Waals surface area contributed by atoms with E-state index < -0.39 is 23.8 Å². The van der Waals surface area contributed by atoms with Crippen LogP contribution in [0.15, 0.2) is 54.7 Å². The Bertz CT molecular complexity index is 918. The first-order chi connectivity index (χ1) is 12.4. The van der Waals surface area contributed by atoms with Gasteiger partial charge < -0.3 is 9.72 Å². The Morgan fingerprint density at radius 1 is 1.19 bits per heavy atom. The smallest absolute Gasteiger partial charge is 0.416 e. The van der Waals surface area contributed by atoms with Crippen LogP contribution in [0.25, 0.3) is 10.9 Å². The molecule has 0 amide bonds. The number of H-pyrrole nitrogens is 1. The summed E-state index contributed by atoms with van der Waals surface area (Å²) in [7, 11) is 1.27. The van der Waals surface area contributed by atoms with Crippen LogP contribution in [-0.2, 0) is 22.3 Å². The van der Waals surface area contributed by atoms with Crippen LogP contribution in [0.3, 0.4) is 0 Å². The topological polar surface area (TPSA) is 54.1 Å². The molecule has 1 heterocycles. The van der Waals surface area contributed by atoms with Gasteiger partial charge in [-0.1, -0.05) is 36.4 Å². The van der Waals surface area contributed by atoms with Crippen molar-refractivity contribution < 1.29 is 22.7 Å². The number of hydrogen-bond donors (Lipinski definition) is 2. The third kappa shape index (κ3) is 3.72. The van der Waals surface area contributed by atoms with E-state index in [1.54, 1.807) is 12.3 Å². The molecule has 0 spiro atoms. The van der Waals surface area contributed by atoms with Crippen LogP contribution in [0.4, 0.5) is 13.2 Å². The van der Waals surface area contributed by atoms with Crippen LogP contribution < -0.4 is 5.32 Å². The largest absolute Gasteiger partial charge is 0.468 e. The van der Waals surface area contributed by atoms with Gasteiger partial charge in [-0.2, -0.15) is 13.2 Å². The number of ether oxygens (including phenoxy) is 1. The molecule has 3 aromatic rings. The lowest BCUT2D eigenvalue weighted by Gasteiger charge is -2.17. The van der Waals surface area contributed by atoms with Gasteiger partial charge in [0.1, 0.15) is 6.04 Å². The van der Waals surface area contributed by atoms with Gasteiger partial charge in [-0.15, -0.1) is 0 Å². The minimum atomic E-state index is -4.41. The van der Waals surface area contributed by atoms with Gasteiger partial charge in [0, 0.05) is 29.2 Å². The fraction of sp³-hybridized carbons (Fsp3) is 0.211. The minimum Gasteiger partial charge on any atom is -0.468 e.